The topological polar surface area (TPSA) is 46.4 Å². The van der Waals surface area contributed by atoms with Gasteiger partial charge in [-0.25, -0.2) is 4.98 Å². The summed E-state index contributed by atoms with van der Waals surface area (Å²) in [6.45, 7) is 0.734. The number of nitrogens with zero attached hydrogens (tertiary/aromatic N) is 2. The van der Waals surface area contributed by atoms with Crippen LogP contribution in [-0.4, -0.2) is 21.8 Å². The van der Waals surface area contributed by atoms with Gasteiger partial charge in [0.25, 0.3) is 0 Å². The predicted octanol–water partition coefficient (Wildman–Crippen LogP) is 5.70. The Bertz CT molecular complexity index is 1020. The first-order chi connectivity index (χ1) is 14.2. The van der Waals surface area contributed by atoms with E-state index in [0.29, 0.717) is 12.8 Å². The van der Waals surface area contributed by atoms with Crippen molar-refractivity contribution in [3.63, 3.8) is 0 Å². The number of nitrogens with one attached hydrogen (secondary N) is 1. The Kier molecular flexibility index (Phi) is 6.45. The maximum atomic E-state index is 12.4. The second-order valence-corrected chi connectivity index (χ2v) is 8.47. The summed E-state index contributed by atoms with van der Waals surface area (Å²) in [5.74, 6) is 0.106. The van der Waals surface area contributed by atoms with Gasteiger partial charge in [-0.15, -0.1) is 0 Å². The molecule has 3 aromatic rings. The molecular formula is C24H26BrN3O. The summed E-state index contributed by atoms with van der Waals surface area (Å²) in [6, 6.07) is 14.2. The standard InChI is InChI=1S/C24H26BrN3O/c25-20-11-9-19(10-12-20)24-21(28-17-5-4-8-22(28)27-24)13-14-23(29)26-16-15-18-6-2-1-3-7-18/h4-6,8-12,17H,1-3,7,13-16H2,(H,26,29). The number of carbonyl (C=O) groups is 1. The van der Waals surface area contributed by atoms with Gasteiger partial charge in [0.15, 0.2) is 0 Å². The summed E-state index contributed by atoms with van der Waals surface area (Å²) in [5.41, 5.74) is 5.49. The van der Waals surface area contributed by atoms with Crippen LogP contribution in [0.15, 0.2) is 64.8 Å². The van der Waals surface area contributed by atoms with Crippen LogP contribution < -0.4 is 5.32 Å². The molecule has 1 amide bonds. The molecule has 0 aliphatic heterocycles. The number of benzene rings is 1. The Morgan fingerprint density at radius 3 is 2.76 bits per heavy atom. The van der Waals surface area contributed by atoms with Crippen LogP contribution in [0.1, 0.15) is 44.2 Å². The van der Waals surface area contributed by atoms with E-state index < -0.39 is 0 Å². The zero-order valence-corrected chi connectivity index (χ0v) is 18.1. The third-order valence-electron chi connectivity index (χ3n) is 5.49. The number of allylic oxidation sites excluding steroid dienone is 1. The third kappa shape index (κ3) is 4.96. The lowest BCUT2D eigenvalue weighted by atomic mass is 9.97. The van der Waals surface area contributed by atoms with E-state index in [-0.39, 0.29) is 5.91 Å². The van der Waals surface area contributed by atoms with E-state index in [1.807, 2.05) is 36.5 Å². The number of amides is 1. The van der Waals surface area contributed by atoms with Gasteiger partial charge in [0.2, 0.25) is 5.91 Å². The number of imidazole rings is 1. The van der Waals surface area contributed by atoms with Crippen LogP contribution in [0.5, 0.6) is 0 Å². The van der Waals surface area contributed by atoms with E-state index in [1.54, 1.807) is 0 Å². The Morgan fingerprint density at radius 1 is 1.10 bits per heavy atom. The highest BCUT2D eigenvalue weighted by atomic mass is 79.9. The fourth-order valence-corrected chi connectivity index (χ4v) is 4.20. The first-order valence-electron chi connectivity index (χ1n) is 10.4. The Morgan fingerprint density at radius 2 is 1.97 bits per heavy atom. The minimum Gasteiger partial charge on any atom is -0.356 e. The van der Waals surface area contributed by atoms with Gasteiger partial charge in [-0.05, 0) is 62.8 Å². The van der Waals surface area contributed by atoms with Crippen molar-refractivity contribution in [1.82, 2.24) is 14.7 Å². The number of hydrogen-bond donors (Lipinski definition) is 1. The molecule has 4 nitrogen and oxygen atoms in total. The predicted molar refractivity (Wildman–Crippen MR) is 121 cm³/mol. The van der Waals surface area contributed by atoms with E-state index >= 15 is 0 Å². The van der Waals surface area contributed by atoms with Gasteiger partial charge in [0.1, 0.15) is 5.65 Å². The molecule has 1 N–H and O–H groups in total. The third-order valence-corrected chi connectivity index (χ3v) is 6.02. The van der Waals surface area contributed by atoms with Crippen molar-refractivity contribution in [2.45, 2.75) is 44.9 Å². The molecule has 0 saturated carbocycles. The molecule has 5 heteroatoms. The molecule has 0 radical (unpaired) electrons. The zero-order chi connectivity index (χ0) is 20.1. The van der Waals surface area contributed by atoms with E-state index in [2.05, 4.69) is 43.9 Å². The normalized spacial score (nSPS) is 14.0. The number of aryl methyl sites for hydroxylation is 1. The van der Waals surface area contributed by atoms with E-state index in [9.17, 15) is 4.79 Å². The number of aromatic nitrogens is 2. The molecule has 0 fully saturated rings. The van der Waals surface area contributed by atoms with Gasteiger partial charge in [0, 0.05) is 29.2 Å². The number of halogens is 1. The zero-order valence-electron chi connectivity index (χ0n) is 16.5. The average Bonchev–Trinajstić information content (AvgIpc) is 3.12. The van der Waals surface area contributed by atoms with E-state index in [1.165, 1.54) is 31.3 Å². The van der Waals surface area contributed by atoms with Gasteiger partial charge in [0.05, 0.1) is 11.4 Å². The molecule has 2 aromatic heterocycles. The summed E-state index contributed by atoms with van der Waals surface area (Å²) in [6.07, 6.45) is 11.4. The van der Waals surface area contributed by atoms with Crippen molar-refractivity contribution in [2.24, 2.45) is 0 Å². The highest BCUT2D eigenvalue weighted by Gasteiger charge is 2.15. The minimum absolute atomic E-state index is 0.106. The van der Waals surface area contributed by atoms with Crippen molar-refractivity contribution < 1.29 is 4.79 Å². The molecule has 29 heavy (non-hydrogen) atoms. The van der Waals surface area contributed by atoms with Crippen molar-refractivity contribution in [2.75, 3.05) is 6.54 Å². The highest BCUT2D eigenvalue weighted by Crippen LogP contribution is 2.27. The molecular weight excluding hydrogens is 426 g/mol. The molecule has 0 unspecified atom stereocenters. The molecule has 0 spiro atoms. The van der Waals surface area contributed by atoms with Crippen LogP contribution in [0.3, 0.4) is 0 Å². The molecule has 0 bridgehead atoms. The average molecular weight is 452 g/mol. The minimum atomic E-state index is 0.106. The van der Waals surface area contributed by atoms with Crippen molar-refractivity contribution in [1.29, 1.82) is 0 Å². The summed E-state index contributed by atoms with van der Waals surface area (Å²) >= 11 is 3.49. The molecule has 1 aliphatic rings. The first kappa shape index (κ1) is 19.9. The second-order valence-electron chi connectivity index (χ2n) is 7.55. The van der Waals surface area contributed by atoms with Crippen molar-refractivity contribution in [3.8, 4) is 11.3 Å². The highest BCUT2D eigenvalue weighted by molar-refractivity contribution is 9.10. The Hall–Kier alpha value is -2.40. The molecule has 2 heterocycles. The fraction of sp³-hybridized carbons (Fsp3) is 0.333. The summed E-state index contributed by atoms with van der Waals surface area (Å²) < 4.78 is 3.14. The van der Waals surface area contributed by atoms with Crippen LogP contribution in [0, 0.1) is 0 Å². The maximum Gasteiger partial charge on any atom is 0.220 e. The van der Waals surface area contributed by atoms with Crippen molar-refractivity contribution >= 4 is 27.5 Å². The smallest absolute Gasteiger partial charge is 0.220 e. The van der Waals surface area contributed by atoms with E-state index in [4.69, 9.17) is 4.98 Å². The summed E-state index contributed by atoms with van der Waals surface area (Å²) in [5, 5.41) is 3.09. The van der Waals surface area contributed by atoms with Crippen LogP contribution in [0.4, 0.5) is 0 Å². The lowest BCUT2D eigenvalue weighted by molar-refractivity contribution is -0.121. The SMILES string of the molecule is O=C(CCc1c(-c2ccc(Br)cc2)nc2ccccn12)NCCC1=CCCCC1. The molecule has 0 saturated heterocycles. The number of carbonyl (C=O) groups excluding carboxylic acids is 1. The number of fused-ring (bicyclic) bond motifs is 1. The fourth-order valence-electron chi connectivity index (χ4n) is 3.94. The van der Waals surface area contributed by atoms with Crippen LogP contribution in [0.2, 0.25) is 0 Å². The van der Waals surface area contributed by atoms with Crippen LogP contribution in [-0.2, 0) is 11.2 Å². The molecule has 4 rings (SSSR count). The Labute approximate surface area is 180 Å². The lowest BCUT2D eigenvalue weighted by Gasteiger charge is -2.13. The molecule has 1 aromatic carbocycles. The maximum absolute atomic E-state index is 12.4. The second kappa shape index (κ2) is 9.40. The van der Waals surface area contributed by atoms with Gasteiger partial charge >= 0.3 is 0 Å². The quantitative estimate of drug-likeness (QED) is 0.468. The molecule has 1 aliphatic carbocycles. The van der Waals surface area contributed by atoms with Gasteiger partial charge < -0.3 is 9.72 Å². The van der Waals surface area contributed by atoms with Crippen molar-refractivity contribution in [3.05, 3.63) is 70.5 Å². The van der Waals surface area contributed by atoms with Crippen LogP contribution in [0.25, 0.3) is 16.9 Å². The molecule has 0 atom stereocenters. The van der Waals surface area contributed by atoms with E-state index in [0.717, 1.165) is 40.0 Å². The summed E-state index contributed by atoms with van der Waals surface area (Å²) in [4.78, 5) is 17.3. The number of rotatable bonds is 7. The number of hydrogen-bond acceptors (Lipinski definition) is 2. The first-order valence-corrected chi connectivity index (χ1v) is 11.2. The van der Waals surface area contributed by atoms with Gasteiger partial charge in [-0.1, -0.05) is 45.8 Å². The monoisotopic (exact) mass is 451 g/mol. The van der Waals surface area contributed by atoms with Crippen LogP contribution >= 0.6 is 15.9 Å². The lowest BCUT2D eigenvalue weighted by Crippen LogP contribution is -2.25. The van der Waals surface area contributed by atoms with Gasteiger partial charge in [-0.2, -0.15) is 0 Å². The van der Waals surface area contributed by atoms with Gasteiger partial charge in [-0.3, -0.25) is 4.79 Å². The summed E-state index contributed by atoms with van der Waals surface area (Å²) in [7, 11) is 0. The Balaban J connectivity index is 1.44. The molecule has 150 valence electrons. The number of pyridine rings is 1. The largest absolute Gasteiger partial charge is 0.356 e.